The Morgan fingerprint density at radius 3 is 2.74 bits per heavy atom. The molecule has 1 aliphatic heterocycles. The highest BCUT2D eigenvalue weighted by Crippen LogP contribution is 2.25. The molecular formula is C13H11N3O2S. The number of thiazole rings is 1. The van der Waals surface area contributed by atoms with E-state index in [4.69, 9.17) is 0 Å². The van der Waals surface area contributed by atoms with E-state index in [-0.39, 0.29) is 18.2 Å². The summed E-state index contributed by atoms with van der Waals surface area (Å²) in [7, 11) is 0. The van der Waals surface area contributed by atoms with Gasteiger partial charge in [0.1, 0.15) is 6.04 Å². The van der Waals surface area contributed by atoms with E-state index in [1.54, 1.807) is 30.5 Å². The Kier molecular flexibility index (Phi) is 3.00. The average Bonchev–Trinajstić information content (AvgIpc) is 3.01. The number of para-hydroxylation sites is 1. The van der Waals surface area contributed by atoms with E-state index in [1.165, 1.54) is 16.2 Å². The molecule has 2 amide bonds. The van der Waals surface area contributed by atoms with E-state index in [9.17, 15) is 9.59 Å². The van der Waals surface area contributed by atoms with Crippen molar-refractivity contribution in [1.82, 2.24) is 4.98 Å². The molecule has 96 valence electrons. The Labute approximate surface area is 113 Å². The van der Waals surface area contributed by atoms with Crippen LogP contribution in [0.1, 0.15) is 6.42 Å². The predicted octanol–water partition coefficient (Wildman–Crippen LogP) is 1.89. The number of amides is 2. The minimum absolute atomic E-state index is 0.160. The van der Waals surface area contributed by atoms with E-state index in [0.29, 0.717) is 10.8 Å². The molecule has 1 N–H and O–H groups in total. The summed E-state index contributed by atoms with van der Waals surface area (Å²) in [6, 6.07) is 8.43. The number of anilines is 2. The van der Waals surface area contributed by atoms with Crippen LogP contribution in [0.25, 0.3) is 0 Å². The molecule has 5 nitrogen and oxygen atoms in total. The molecule has 1 fully saturated rings. The van der Waals surface area contributed by atoms with Crippen molar-refractivity contribution in [2.24, 2.45) is 0 Å². The minimum atomic E-state index is -0.529. The van der Waals surface area contributed by atoms with E-state index in [1.807, 2.05) is 11.4 Å². The topological polar surface area (TPSA) is 62.3 Å². The summed E-state index contributed by atoms with van der Waals surface area (Å²) >= 11 is 1.41. The first-order valence-corrected chi connectivity index (χ1v) is 6.71. The van der Waals surface area contributed by atoms with Crippen molar-refractivity contribution >= 4 is 34.0 Å². The van der Waals surface area contributed by atoms with Crippen LogP contribution < -0.4 is 10.2 Å². The van der Waals surface area contributed by atoms with Crippen LogP contribution in [0.3, 0.4) is 0 Å². The Hall–Kier alpha value is -2.21. The number of hydrogen-bond donors (Lipinski definition) is 1. The molecule has 0 spiro atoms. The number of carbonyl (C=O) groups is 2. The molecule has 19 heavy (non-hydrogen) atoms. The number of nitrogens with one attached hydrogen (secondary N) is 1. The van der Waals surface area contributed by atoms with E-state index in [0.717, 1.165) is 0 Å². The predicted molar refractivity (Wildman–Crippen MR) is 73.1 cm³/mol. The van der Waals surface area contributed by atoms with Gasteiger partial charge in [-0.1, -0.05) is 18.2 Å². The van der Waals surface area contributed by atoms with Crippen LogP contribution in [-0.4, -0.2) is 22.8 Å². The standard InChI is InChI=1S/C13H11N3O2S/c17-11-8-10(15-13-14-6-7-19-13)12(18)16(11)9-4-2-1-3-5-9/h1-7,10H,8H2,(H,14,15). The lowest BCUT2D eigenvalue weighted by atomic mass is 10.2. The molecule has 6 heteroatoms. The summed E-state index contributed by atoms with van der Waals surface area (Å²) in [6.07, 6.45) is 1.82. The zero-order valence-corrected chi connectivity index (χ0v) is 10.8. The zero-order valence-electron chi connectivity index (χ0n) is 9.95. The second-order valence-electron chi connectivity index (χ2n) is 4.14. The maximum Gasteiger partial charge on any atom is 0.256 e. The summed E-state index contributed by atoms with van der Waals surface area (Å²) in [6.45, 7) is 0. The molecule has 2 aromatic rings. The lowest BCUT2D eigenvalue weighted by Crippen LogP contribution is -2.34. The lowest BCUT2D eigenvalue weighted by molar-refractivity contribution is -0.121. The molecule has 0 radical (unpaired) electrons. The van der Waals surface area contributed by atoms with Crippen LogP contribution in [-0.2, 0) is 9.59 Å². The number of carbonyl (C=O) groups excluding carboxylic acids is 2. The summed E-state index contributed by atoms with van der Waals surface area (Å²) in [4.78, 5) is 29.5. The molecule has 1 unspecified atom stereocenters. The highest BCUT2D eigenvalue weighted by atomic mass is 32.1. The van der Waals surface area contributed by atoms with Gasteiger partial charge in [-0.05, 0) is 12.1 Å². The first-order valence-electron chi connectivity index (χ1n) is 5.83. The highest BCUT2D eigenvalue weighted by Gasteiger charge is 2.39. The van der Waals surface area contributed by atoms with Gasteiger partial charge in [-0.2, -0.15) is 0 Å². The molecule has 1 aromatic carbocycles. The SMILES string of the molecule is O=C1CC(Nc2nccs2)C(=O)N1c1ccccc1. The Morgan fingerprint density at radius 2 is 2.05 bits per heavy atom. The number of benzene rings is 1. The van der Waals surface area contributed by atoms with Gasteiger partial charge >= 0.3 is 0 Å². The van der Waals surface area contributed by atoms with Gasteiger partial charge in [0.15, 0.2) is 5.13 Å². The molecule has 0 bridgehead atoms. The molecule has 1 aliphatic rings. The number of rotatable bonds is 3. The van der Waals surface area contributed by atoms with Crippen molar-refractivity contribution in [2.45, 2.75) is 12.5 Å². The Bertz CT molecular complexity index is 598. The normalized spacial score (nSPS) is 18.9. The quantitative estimate of drug-likeness (QED) is 0.867. The van der Waals surface area contributed by atoms with E-state index >= 15 is 0 Å². The smallest absolute Gasteiger partial charge is 0.256 e. The summed E-state index contributed by atoms with van der Waals surface area (Å²) in [5, 5.41) is 5.47. The molecule has 0 aliphatic carbocycles. The maximum absolute atomic E-state index is 12.3. The van der Waals surface area contributed by atoms with Crippen molar-refractivity contribution in [2.75, 3.05) is 10.2 Å². The van der Waals surface area contributed by atoms with Crippen LogP contribution >= 0.6 is 11.3 Å². The average molecular weight is 273 g/mol. The van der Waals surface area contributed by atoms with Gasteiger partial charge in [0.2, 0.25) is 5.91 Å². The fraction of sp³-hybridized carbons (Fsp3) is 0.154. The van der Waals surface area contributed by atoms with Crippen LogP contribution in [0.5, 0.6) is 0 Å². The highest BCUT2D eigenvalue weighted by molar-refractivity contribution is 7.13. The molecule has 1 aromatic heterocycles. The maximum atomic E-state index is 12.3. The van der Waals surface area contributed by atoms with Crippen LogP contribution in [0, 0.1) is 0 Å². The largest absolute Gasteiger partial charge is 0.349 e. The number of nitrogens with zero attached hydrogens (tertiary/aromatic N) is 2. The second kappa shape index (κ2) is 4.81. The fourth-order valence-corrected chi connectivity index (χ4v) is 2.62. The van der Waals surface area contributed by atoms with Crippen molar-refractivity contribution in [3.05, 3.63) is 41.9 Å². The molecule has 1 saturated heterocycles. The summed E-state index contributed by atoms with van der Waals surface area (Å²) in [5.41, 5.74) is 0.612. The van der Waals surface area contributed by atoms with Crippen molar-refractivity contribution < 1.29 is 9.59 Å². The van der Waals surface area contributed by atoms with Crippen molar-refractivity contribution in [3.8, 4) is 0 Å². The fourth-order valence-electron chi connectivity index (χ4n) is 2.04. The van der Waals surface area contributed by atoms with Crippen molar-refractivity contribution in [1.29, 1.82) is 0 Å². The molecule has 0 saturated carbocycles. The van der Waals surface area contributed by atoms with Crippen molar-refractivity contribution in [3.63, 3.8) is 0 Å². The minimum Gasteiger partial charge on any atom is -0.349 e. The van der Waals surface area contributed by atoms with Gasteiger partial charge in [-0.25, -0.2) is 9.88 Å². The van der Waals surface area contributed by atoms with Gasteiger partial charge in [0.25, 0.3) is 5.91 Å². The van der Waals surface area contributed by atoms with Crippen LogP contribution in [0.15, 0.2) is 41.9 Å². The van der Waals surface area contributed by atoms with Crippen LogP contribution in [0.4, 0.5) is 10.8 Å². The first kappa shape index (κ1) is 11.9. The lowest BCUT2D eigenvalue weighted by Gasteiger charge is -2.14. The third-order valence-electron chi connectivity index (χ3n) is 2.89. The van der Waals surface area contributed by atoms with Crippen LogP contribution in [0.2, 0.25) is 0 Å². The Morgan fingerprint density at radius 1 is 1.26 bits per heavy atom. The number of aromatic nitrogens is 1. The monoisotopic (exact) mass is 273 g/mol. The third kappa shape index (κ3) is 2.22. The zero-order chi connectivity index (χ0) is 13.2. The van der Waals surface area contributed by atoms with E-state index in [2.05, 4.69) is 10.3 Å². The molecule has 2 heterocycles. The molecular weight excluding hydrogens is 262 g/mol. The van der Waals surface area contributed by atoms with Gasteiger partial charge in [-0.15, -0.1) is 11.3 Å². The second-order valence-corrected chi connectivity index (χ2v) is 5.04. The molecule has 3 rings (SSSR count). The number of hydrogen-bond acceptors (Lipinski definition) is 5. The third-order valence-corrected chi connectivity index (χ3v) is 3.60. The van der Waals surface area contributed by atoms with Gasteiger partial charge in [0, 0.05) is 11.6 Å². The van der Waals surface area contributed by atoms with Gasteiger partial charge in [0.05, 0.1) is 12.1 Å². The summed E-state index contributed by atoms with van der Waals surface area (Å²) in [5.74, 6) is -0.420. The van der Waals surface area contributed by atoms with Gasteiger partial charge in [-0.3, -0.25) is 9.59 Å². The summed E-state index contributed by atoms with van der Waals surface area (Å²) < 4.78 is 0. The first-order chi connectivity index (χ1) is 9.25. The van der Waals surface area contributed by atoms with E-state index < -0.39 is 6.04 Å². The number of imide groups is 1. The van der Waals surface area contributed by atoms with Gasteiger partial charge < -0.3 is 5.32 Å². The molecule has 1 atom stereocenters. The Balaban J connectivity index is 1.82.